The molecule has 2 aliphatic rings. The van der Waals surface area contributed by atoms with Crippen molar-refractivity contribution in [3.63, 3.8) is 0 Å². The predicted molar refractivity (Wildman–Crippen MR) is 58.8 cm³/mol. The van der Waals surface area contributed by atoms with Crippen molar-refractivity contribution in [2.75, 3.05) is 11.5 Å². The van der Waals surface area contributed by atoms with Gasteiger partial charge in [-0.3, -0.25) is 0 Å². The molecule has 0 aromatic carbocycles. The summed E-state index contributed by atoms with van der Waals surface area (Å²) in [6.45, 7) is 0. The van der Waals surface area contributed by atoms with Gasteiger partial charge in [-0.1, -0.05) is 12.2 Å². The number of allylic oxidation sites excluding steroid dienone is 4. The number of thioether (sulfide) groups is 1. The van der Waals surface area contributed by atoms with Crippen molar-refractivity contribution in [2.24, 2.45) is 0 Å². The fourth-order valence-corrected chi connectivity index (χ4v) is 2.09. The number of hydrogen-bond acceptors (Lipinski definition) is 1. The summed E-state index contributed by atoms with van der Waals surface area (Å²) in [4.78, 5) is 0. The predicted octanol–water partition coefficient (Wildman–Crippen LogP) is 3.02. The van der Waals surface area contributed by atoms with E-state index in [2.05, 4.69) is 23.6 Å². The molecule has 64 valence electrons. The zero-order valence-electron chi connectivity index (χ0n) is 7.29. The Bertz CT molecular complexity index is 343. The summed E-state index contributed by atoms with van der Waals surface area (Å²) in [6.07, 6.45) is 12.2. The Labute approximate surface area is 82.7 Å². The normalized spacial score (nSPS) is 16.9. The van der Waals surface area contributed by atoms with Crippen LogP contribution in [0.5, 0.6) is 0 Å². The molecule has 0 aromatic rings. The lowest BCUT2D eigenvalue weighted by Gasteiger charge is -1.97. The minimum absolute atomic E-state index is 1.05. The minimum atomic E-state index is 1.05. The first-order chi connectivity index (χ1) is 6.45. The number of rotatable bonds is 4. The van der Waals surface area contributed by atoms with Gasteiger partial charge in [0.2, 0.25) is 0 Å². The van der Waals surface area contributed by atoms with Crippen molar-refractivity contribution in [2.45, 2.75) is 0 Å². The van der Waals surface area contributed by atoms with Gasteiger partial charge in [-0.15, -0.1) is 11.5 Å². The zero-order valence-corrected chi connectivity index (χ0v) is 8.10. The first-order valence-corrected chi connectivity index (χ1v) is 5.43. The van der Waals surface area contributed by atoms with Crippen molar-refractivity contribution in [1.29, 1.82) is 0 Å². The van der Waals surface area contributed by atoms with Gasteiger partial charge in [0.25, 0.3) is 0 Å². The van der Waals surface area contributed by atoms with Gasteiger partial charge in [-0.2, -0.15) is 11.8 Å². The van der Waals surface area contributed by atoms with Crippen LogP contribution >= 0.6 is 11.8 Å². The Morgan fingerprint density at radius 3 is 1.85 bits per heavy atom. The van der Waals surface area contributed by atoms with Crippen molar-refractivity contribution in [1.82, 2.24) is 0 Å². The summed E-state index contributed by atoms with van der Waals surface area (Å²) < 4.78 is 0. The van der Waals surface area contributed by atoms with Gasteiger partial charge >= 0.3 is 0 Å². The van der Waals surface area contributed by atoms with Crippen molar-refractivity contribution < 1.29 is 0 Å². The molecule has 0 fully saturated rings. The van der Waals surface area contributed by atoms with Crippen LogP contribution in [0.1, 0.15) is 0 Å². The average Bonchev–Trinajstić information content (AvgIpc) is 2.75. The zero-order chi connectivity index (χ0) is 8.93. The van der Waals surface area contributed by atoms with Crippen LogP contribution in [0.3, 0.4) is 0 Å². The van der Waals surface area contributed by atoms with E-state index in [1.54, 1.807) is 0 Å². The van der Waals surface area contributed by atoms with E-state index in [-0.39, 0.29) is 0 Å². The molecule has 0 atom stereocenters. The van der Waals surface area contributed by atoms with E-state index in [1.165, 1.54) is 11.1 Å². The molecule has 0 saturated heterocycles. The molecule has 0 radical (unpaired) electrons. The maximum atomic E-state index is 3.19. The first-order valence-electron chi connectivity index (χ1n) is 4.27. The summed E-state index contributed by atoms with van der Waals surface area (Å²) in [7, 11) is 0. The van der Waals surface area contributed by atoms with Crippen molar-refractivity contribution in [3.05, 3.63) is 59.1 Å². The molecular formula is C12H10S. The Morgan fingerprint density at radius 2 is 1.46 bits per heavy atom. The second kappa shape index (κ2) is 4.20. The Kier molecular flexibility index (Phi) is 2.74. The monoisotopic (exact) mass is 186 g/mol. The quantitative estimate of drug-likeness (QED) is 0.608. The Morgan fingerprint density at radius 1 is 0.923 bits per heavy atom. The third-order valence-electron chi connectivity index (χ3n) is 1.84. The van der Waals surface area contributed by atoms with Gasteiger partial charge in [0.05, 0.1) is 0 Å². The van der Waals surface area contributed by atoms with Crippen molar-refractivity contribution in [3.8, 4) is 0 Å². The molecule has 0 aromatic heterocycles. The SMILES string of the molecule is C1=CC=CC=1CSCC1=C=CC=C1. The first kappa shape index (κ1) is 8.47. The molecule has 0 aliphatic heterocycles. The highest BCUT2D eigenvalue weighted by Gasteiger charge is 1.98. The van der Waals surface area contributed by atoms with Gasteiger partial charge in [0.1, 0.15) is 0 Å². The van der Waals surface area contributed by atoms with Crippen LogP contribution < -0.4 is 0 Å². The van der Waals surface area contributed by atoms with Crippen LogP contribution in [-0.2, 0) is 0 Å². The maximum Gasteiger partial charge on any atom is 0.0261 e. The second-order valence-corrected chi connectivity index (χ2v) is 3.87. The highest BCUT2D eigenvalue weighted by atomic mass is 32.2. The molecule has 0 amide bonds. The lowest BCUT2D eigenvalue weighted by molar-refractivity contribution is 1.54. The molecule has 0 heterocycles. The van der Waals surface area contributed by atoms with E-state index < -0.39 is 0 Å². The summed E-state index contributed by atoms with van der Waals surface area (Å²) in [5.74, 6) is 2.10. The summed E-state index contributed by atoms with van der Waals surface area (Å²) in [5, 5.41) is 0. The third-order valence-corrected chi connectivity index (χ3v) is 2.87. The third kappa shape index (κ3) is 2.40. The average molecular weight is 186 g/mol. The largest absolute Gasteiger partial charge is 0.151 e. The van der Waals surface area contributed by atoms with Crippen LogP contribution in [0.4, 0.5) is 0 Å². The van der Waals surface area contributed by atoms with E-state index >= 15 is 0 Å². The standard InChI is InChI=1S/C12H10S/c1-2-6-11(5-1)9-13-10-12-7-3-4-8-12/h1-5,7H,9-10H2. The lowest BCUT2D eigenvalue weighted by atomic mass is 10.3. The molecule has 0 nitrogen and oxygen atoms in total. The van der Waals surface area contributed by atoms with Gasteiger partial charge in [0.15, 0.2) is 0 Å². The summed E-state index contributed by atoms with van der Waals surface area (Å²) in [6, 6.07) is 0. The maximum absolute atomic E-state index is 3.19. The molecule has 13 heavy (non-hydrogen) atoms. The Hall–Kier alpha value is -1.13. The van der Waals surface area contributed by atoms with E-state index in [4.69, 9.17) is 0 Å². The van der Waals surface area contributed by atoms with E-state index in [1.807, 2.05) is 36.1 Å². The van der Waals surface area contributed by atoms with E-state index in [9.17, 15) is 0 Å². The lowest BCUT2D eigenvalue weighted by Crippen LogP contribution is -1.85. The minimum Gasteiger partial charge on any atom is -0.151 e. The van der Waals surface area contributed by atoms with E-state index in [0.717, 1.165) is 11.5 Å². The highest BCUT2D eigenvalue weighted by molar-refractivity contribution is 7.99. The van der Waals surface area contributed by atoms with Crippen LogP contribution in [0.2, 0.25) is 0 Å². The van der Waals surface area contributed by atoms with Gasteiger partial charge in [0, 0.05) is 22.7 Å². The van der Waals surface area contributed by atoms with Crippen LogP contribution in [-0.4, -0.2) is 11.5 Å². The van der Waals surface area contributed by atoms with Crippen molar-refractivity contribution >= 4 is 11.8 Å². The molecule has 0 spiro atoms. The van der Waals surface area contributed by atoms with Crippen LogP contribution in [0.25, 0.3) is 0 Å². The van der Waals surface area contributed by atoms with Gasteiger partial charge in [-0.05, 0) is 24.3 Å². The topological polar surface area (TPSA) is 0 Å². The smallest absolute Gasteiger partial charge is 0.0261 e. The molecule has 0 bridgehead atoms. The van der Waals surface area contributed by atoms with Gasteiger partial charge in [-0.25, -0.2) is 0 Å². The molecule has 0 saturated carbocycles. The molecule has 0 unspecified atom stereocenters. The molecule has 1 heteroatoms. The second-order valence-electron chi connectivity index (χ2n) is 2.88. The molecular weight excluding hydrogens is 176 g/mol. The van der Waals surface area contributed by atoms with E-state index in [0.29, 0.717) is 0 Å². The van der Waals surface area contributed by atoms with Crippen LogP contribution in [0, 0.1) is 0 Å². The van der Waals surface area contributed by atoms with Crippen LogP contribution in [0.15, 0.2) is 59.1 Å². The summed E-state index contributed by atoms with van der Waals surface area (Å²) in [5.41, 5.74) is 8.95. The number of hydrogen-bond donors (Lipinski definition) is 0. The molecule has 2 aliphatic carbocycles. The fourth-order valence-electron chi connectivity index (χ4n) is 1.19. The highest BCUT2D eigenvalue weighted by Crippen LogP contribution is 2.15. The molecule has 2 rings (SSSR count). The fraction of sp³-hybridized carbons (Fsp3) is 0.167. The van der Waals surface area contributed by atoms with Gasteiger partial charge < -0.3 is 0 Å². The molecule has 0 N–H and O–H groups in total. The summed E-state index contributed by atoms with van der Waals surface area (Å²) >= 11 is 1.91. The Balaban J connectivity index is 1.75.